The van der Waals surface area contributed by atoms with Gasteiger partial charge in [-0.15, -0.1) is 0 Å². The molecule has 0 unspecified atom stereocenters. The van der Waals surface area contributed by atoms with E-state index in [9.17, 15) is 0 Å². The molecule has 0 spiro atoms. The first-order valence-electron chi connectivity index (χ1n) is 12.1. The van der Waals surface area contributed by atoms with Crippen molar-refractivity contribution >= 4 is 0 Å². The molecular weight excluding hydrogens is 392 g/mol. The first-order valence-corrected chi connectivity index (χ1v) is 12.1. The first-order chi connectivity index (χ1) is 15.8. The molecule has 0 radical (unpaired) electrons. The van der Waals surface area contributed by atoms with Crippen LogP contribution in [0.5, 0.6) is 5.75 Å². The van der Waals surface area contributed by atoms with Gasteiger partial charge in [0.15, 0.2) is 11.6 Å². The van der Waals surface area contributed by atoms with Gasteiger partial charge in [-0.25, -0.2) is 9.97 Å². The van der Waals surface area contributed by atoms with Crippen LogP contribution in [0.3, 0.4) is 0 Å². The number of nitrogens with zero attached hydrogens (tertiary/aromatic N) is 2. The number of aryl methyl sites for hydroxylation is 1. The van der Waals surface area contributed by atoms with Crippen LogP contribution in [-0.2, 0) is 6.42 Å². The van der Waals surface area contributed by atoms with E-state index in [4.69, 9.17) is 4.74 Å². The Morgan fingerprint density at radius 1 is 0.688 bits per heavy atom. The molecule has 2 aromatic carbocycles. The monoisotopic (exact) mass is 428 g/mol. The fourth-order valence-corrected chi connectivity index (χ4v) is 3.60. The summed E-state index contributed by atoms with van der Waals surface area (Å²) in [7, 11) is 0. The van der Waals surface area contributed by atoms with Crippen molar-refractivity contribution < 1.29 is 4.74 Å². The zero-order chi connectivity index (χ0) is 22.4. The molecule has 32 heavy (non-hydrogen) atoms. The second-order valence-electron chi connectivity index (χ2n) is 8.22. The lowest BCUT2D eigenvalue weighted by Gasteiger charge is -2.07. The standard InChI is InChI=1S/C29H36N2O/c1-3-5-7-8-9-11-21-32-28-22-30-29(31-23-28)27-19-17-26(18-20-27)25-15-13-24(14-16-25)12-10-6-4-2/h8-9,13-20,22-23H,3-7,10-12,21H2,1-2H3/b9-8-. The summed E-state index contributed by atoms with van der Waals surface area (Å²) in [5, 5.41) is 0. The lowest BCUT2D eigenvalue weighted by molar-refractivity contribution is 0.322. The van der Waals surface area contributed by atoms with Gasteiger partial charge in [0, 0.05) is 5.56 Å². The van der Waals surface area contributed by atoms with Crippen LogP contribution in [0.25, 0.3) is 22.5 Å². The van der Waals surface area contributed by atoms with Crippen LogP contribution in [0.1, 0.15) is 64.4 Å². The van der Waals surface area contributed by atoms with Crippen LogP contribution >= 0.6 is 0 Å². The molecule has 0 aliphatic carbocycles. The molecule has 0 atom stereocenters. The molecule has 168 valence electrons. The lowest BCUT2D eigenvalue weighted by Crippen LogP contribution is -1.98. The number of aromatic nitrogens is 2. The number of allylic oxidation sites excluding steroid dienone is 1. The Hall–Kier alpha value is -2.94. The van der Waals surface area contributed by atoms with Gasteiger partial charge < -0.3 is 4.74 Å². The fourth-order valence-electron chi connectivity index (χ4n) is 3.60. The zero-order valence-electron chi connectivity index (χ0n) is 19.6. The van der Waals surface area contributed by atoms with Crippen molar-refractivity contribution in [3.05, 3.63) is 78.6 Å². The summed E-state index contributed by atoms with van der Waals surface area (Å²) in [6.45, 7) is 5.11. The minimum Gasteiger partial charge on any atom is -0.490 e. The highest BCUT2D eigenvalue weighted by Gasteiger charge is 2.04. The van der Waals surface area contributed by atoms with Crippen molar-refractivity contribution in [1.82, 2.24) is 9.97 Å². The quantitative estimate of drug-likeness (QED) is 0.204. The van der Waals surface area contributed by atoms with E-state index in [0.717, 1.165) is 24.2 Å². The molecule has 3 nitrogen and oxygen atoms in total. The van der Waals surface area contributed by atoms with Crippen molar-refractivity contribution in [2.45, 2.75) is 65.2 Å². The number of ether oxygens (including phenoxy) is 1. The molecule has 0 aliphatic heterocycles. The van der Waals surface area contributed by atoms with E-state index >= 15 is 0 Å². The lowest BCUT2D eigenvalue weighted by atomic mass is 10.0. The van der Waals surface area contributed by atoms with Crippen LogP contribution < -0.4 is 4.74 Å². The molecule has 0 fully saturated rings. The molecule has 1 aromatic heterocycles. The molecule has 1 heterocycles. The topological polar surface area (TPSA) is 35.0 Å². The third kappa shape index (κ3) is 7.64. The van der Waals surface area contributed by atoms with Gasteiger partial charge in [-0.05, 0) is 42.4 Å². The fraction of sp³-hybridized carbons (Fsp3) is 0.379. The maximum Gasteiger partial charge on any atom is 0.159 e. The zero-order valence-corrected chi connectivity index (χ0v) is 19.6. The van der Waals surface area contributed by atoms with Crippen molar-refractivity contribution in [2.75, 3.05) is 6.61 Å². The Bertz CT molecular complexity index is 928. The van der Waals surface area contributed by atoms with Crippen LogP contribution in [-0.4, -0.2) is 16.6 Å². The molecule has 3 heteroatoms. The smallest absolute Gasteiger partial charge is 0.159 e. The molecule has 0 N–H and O–H groups in total. The van der Waals surface area contributed by atoms with Gasteiger partial charge in [-0.1, -0.05) is 100 Å². The second-order valence-corrected chi connectivity index (χ2v) is 8.22. The van der Waals surface area contributed by atoms with Gasteiger partial charge in [0.25, 0.3) is 0 Å². The minimum atomic E-state index is 0.650. The van der Waals surface area contributed by atoms with Crippen LogP contribution in [0.15, 0.2) is 73.1 Å². The normalized spacial score (nSPS) is 11.2. The first kappa shape index (κ1) is 23.7. The maximum atomic E-state index is 5.74. The predicted molar refractivity (Wildman–Crippen MR) is 135 cm³/mol. The number of rotatable bonds is 13. The summed E-state index contributed by atoms with van der Waals surface area (Å²) in [6.07, 6.45) is 17.5. The number of hydrogen-bond donors (Lipinski definition) is 0. The molecule has 0 amide bonds. The average molecular weight is 429 g/mol. The van der Waals surface area contributed by atoms with E-state index in [-0.39, 0.29) is 0 Å². The third-order valence-electron chi connectivity index (χ3n) is 5.57. The number of unbranched alkanes of at least 4 members (excludes halogenated alkanes) is 4. The van der Waals surface area contributed by atoms with Crippen LogP contribution in [0, 0.1) is 0 Å². The van der Waals surface area contributed by atoms with Gasteiger partial charge in [0.1, 0.15) is 0 Å². The van der Waals surface area contributed by atoms with Gasteiger partial charge in [-0.2, -0.15) is 0 Å². The highest BCUT2D eigenvalue weighted by molar-refractivity contribution is 5.67. The van der Waals surface area contributed by atoms with Gasteiger partial charge >= 0.3 is 0 Å². The van der Waals surface area contributed by atoms with Gasteiger partial charge in [0.05, 0.1) is 19.0 Å². The second kappa shape index (κ2) is 13.5. The van der Waals surface area contributed by atoms with Gasteiger partial charge in [0.2, 0.25) is 0 Å². The van der Waals surface area contributed by atoms with Gasteiger partial charge in [-0.3, -0.25) is 0 Å². The van der Waals surface area contributed by atoms with Crippen molar-refractivity contribution in [1.29, 1.82) is 0 Å². The summed E-state index contributed by atoms with van der Waals surface area (Å²) < 4.78 is 5.74. The van der Waals surface area contributed by atoms with E-state index < -0.39 is 0 Å². The summed E-state index contributed by atoms with van der Waals surface area (Å²) in [5.74, 6) is 1.43. The SMILES string of the molecule is CCCC/C=C\CCOc1cnc(-c2ccc(-c3ccc(CCCCC)cc3)cc2)nc1. The van der Waals surface area contributed by atoms with Crippen LogP contribution in [0.2, 0.25) is 0 Å². The predicted octanol–water partition coefficient (Wildman–Crippen LogP) is 8.06. The summed E-state index contributed by atoms with van der Waals surface area (Å²) in [5.41, 5.74) is 4.88. The van der Waals surface area contributed by atoms with Crippen molar-refractivity contribution in [3.8, 4) is 28.3 Å². The highest BCUT2D eigenvalue weighted by Crippen LogP contribution is 2.24. The Labute approximate surface area is 193 Å². The average Bonchev–Trinajstić information content (AvgIpc) is 2.85. The summed E-state index contributed by atoms with van der Waals surface area (Å²) in [4.78, 5) is 8.97. The molecular formula is C29H36N2O. The van der Waals surface area contributed by atoms with Crippen molar-refractivity contribution in [3.63, 3.8) is 0 Å². The Morgan fingerprint density at radius 3 is 1.94 bits per heavy atom. The summed E-state index contributed by atoms with van der Waals surface area (Å²) >= 11 is 0. The van der Waals surface area contributed by atoms with E-state index in [1.54, 1.807) is 12.4 Å². The van der Waals surface area contributed by atoms with E-state index in [1.165, 1.54) is 55.2 Å². The number of benzene rings is 2. The maximum absolute atomic E-state index is 5.74. The Morgan fingerprint density at radius 2 is 1.28 bits per heavy atom. The minimum absolute atomic E-state index is 0.650. The molecule has 3 rings (SSSR count). The highest BCUT2D eigenvalue weighted by atomic mass is 16.5. The molecule has 0 bridgehead atoms. The van der Waals surface area contributed by atoms with Crippen molar-refractivity contribution in [2.24, 2.45) is 0 Å². The van der Waals surface area contributed by atoms with Crippen LogP contribution in [0.4, 0.5) is 0 Å². The van der Waals surface area contributed by atoms with E-state index in [2.05, 4.69) is 84.5 Å². The third-order valence-corrected chi connectivity index (χ3v) is 5.57. The Kier molecular flexibility index (Phi) is 9.98. The molecule has 0 saturated heterocycles. The number of hydrogen-bond acceptors (Lipinski definition) is 3. The Balaban J connectivity index is 1.51. The van der Waals surface area contributed by atoms with E-state index in [0.29, 0.717) is 12.4 Å². The summed E-state index contributed by atoms with van der Waals surface area (Å²) in [6, 6.07) is 17.4. The molecule has 0 aliphatic rings. The molecule has 3 aromatic rings. The molecule has 0 saturated carbocycles. The largest absolute Gasteiger partial charge is 0.490 e. The van der Waals surface area contributed by atoms with E-state index in [1.807, 2.05) is 0 Å².